The first-order valence-electron chi connectivity index (χ1n) is 11.4. The number of nitrogens with one attached hydrogen (secondary N) is 1. The lowest BCUT2D eigenvalue weighted by atomic mass is 10.0. The fourth-order valence-corrected chi connectivity index (χ4v) is 3.18. The van der Waals surface area contributed by atoms with Crippen molar-refractivity contribution in [2.75, 3.05) is 6.54 Å². The predicted molar refractivity (Wildman–Crippen MR) is 121 cm³/mol. The summed E-state index contributed by atoms with van der Waals surface area (Å²) in [5, 5.41) is 2.63. The Bertz CT molecular complexity index is 777. The van der Waals surface area contributed by atoms with Crippen LogP contribution in [0, 0.1) is 5.92 Å². The van der Waals surface area contributed by atoms with Gasteiger partial charge in [0.05, 0.1) is 12.0 Å². The van der Waals surface area contributed by atoms with Crippen molar-refractivity contribution in [2.45, 2.75) is 91.2 Å². The second-order valence-corrected chi connectivity index (χ2v) is 9.40. The van der Waals surface area contributed by atoms with Crippen LogP contribution < -0.4 is 5.32 Å². The van der Waals surface area contributed by atoms with Crippen LogP contribution in [-0.2, 0) is 33.5 Å². The molecule has 0 fully saturated rings. The van der Waals surface area contributed by atoms with E-state index in [4.69, 9.17) is 4.74 Å². The largest absolute Gasteiger partial charge is 0.460 e. The first-order valence-corrected chi connectivity index (χ1v) is 11.4. The smallest absolute Gasteiger partial charge is 0.309 e. The molecule has 1 aliphatic heterocycles. The SMILES string of the molecule is C[C@H](CC(=O)[C@H](C)NC(=O)CCCCC(=O)CCCN1C(=O)C=CC1=O)C(=O)OC(C)(C)C. The average Bonchev–Trinajstić information content (AvgIpc) is 3.01. The monoisotopic (exact) mass is 464 g/mol. The fourth-order valence-electron chi connectivity index (χ4n) is 3.18. The van der Waals surface area contributed by atoms with E-state index in [0.29, 0.717) is 25.7 Å². The molecule has 0 aromatic heterocycles. The third kappa shape index (κ3) is 11.0. The number of carbonyl (C=O) groups is 6. The Balaban J connectivity index is 2.19. The summed E-state index contributed by atoms with van der Waals surface area (Å²) in [6.07, 6.45) is 4.63. The summed E-state index contributed by atoms with van der Waals surface area (Å²) in [4.78, 5) is 72.3. The van der Waals surface area contributed by atoms with Crippen LogP contribution in [0.4, 0.5) is 0 Å². The normalized spacial score (nSPS) is 15.4. The molecule has 9 heteroatoms. The van der Waals surface area contributed by atoms with E-state index in [-0.39, 0.29) is 55.1 Å². The van der Waals surface area contributed by atoms with Crippen molar-refractivity contribution in [3.05, 3.63) is 12.2 Å². The maximum absolute atomic E-state index is 12.3. The molecule has 2 atom stereocenters. The zero-order valence-corrected chi connectivity index (χ0v) is 20.3. The van der Waals surface area contributed by atoms with Gasteiger partial charge in [0.25, 0.3) is 11.8 Å². The number of rotatable bonds is 14. The van der Waals surface area contributed by atoms with Gasteiger partial charge in [-0.1, -0.05) is 6.92 Å². The van der Waals surface area contributed by atoms with E-state index >= 15 is 0 Å². The number of carbonyl (C=O) groups excluding carboxylic acids is 6. The third-order valence-corrected chi connectivity index (χ3v) is 5.02. The lowest BCUT2D eigenvalue weighted by Crippen LogP contribution is -2.40. The van der Waals surface area contributed by atoms with E-state index < -0.39 is 23.5 Å². The summed E-state index contributed by atoms with van der Waals surface area (Å²) in [6, 6.07) is -0.713. The van der Waals surface area contributed by atoms with E-state index in [1.807, 2.05) is 0 Å². The van der Waals surface area contributed by atoms with Gasteiger partial charge >= 0.3 is 5.97 Å². The van der Waals surface area contributed by atoms with Crippen molar-refractivity contribution in [1.29, 1.82) is 0 Å². The van der Waals surface area contributed by atoms with Crippen molar-refractivity contribution in [1.82, 2.24) is 10.2 Å². The van der Waals surface area contributed by atoms with Crippen LogP contribution in [0.5, 0.6) is 0 Å². The molecule has 1 heterocycles. The van der Waals surface area contributed by atoms with Gasteiger partial charge in [-0.3, -0.25) is 33.7 Å². The molecule has 3 amide bonds. The molecule has 1 rings (SSSR count). The van der Waals surface area contributed by atoms with Gasteiger partial charge in [-0.15, -0.1) is 0 Å². The average molecular weight is 465 g/mol. The van der Waals surface area contributed by atoms with E-state index in [1.165, 1.54) is 12.2 Å². The zero-order valence-electron chi connectivity index (χ0n) is 20.3. The summed E-state index contributed by atoms with van der Waals surface area (Å²) in [6.45, 7) is 8.69. The molecule has 1 N–H and O–H groups in total. The highest BCUT2D eigenvalue weighted by Crippen LogP contribution is 2.14. The second kappa shape index (κ2) is 13.0. The molecule has 0 bridgehead atoms. The maximum atomic E-state index is 12.3. The van der Waals surface area contributed by atoms with Crippen LogP contribution in [0.15, 0.2) is 12.2 Å². The fraction of sp³-hybridized carbons (Fsp3) is 0.667. The Kier molecular flexibility index (Phi) is 11.1. The van der Waals surface area contributed by atoms with Crippen LogP contribution in [0.3, 0.4) is 0 Å². The Morgan fingerprint density at radius 2 is 1.48 bits per heavy atom. The van der Waals surface area contributed by atoms with Crippen LogP contribution in [0.1, 0.15) is 79.6 Å². The molecule has 0 aromatic carbocycles. The van der Waals surface area contributed by atoms with Gasteiger partial charge in [0.1, 0.15) is 11.4 Å². The number of Topliss-reactive ketones (excluding diaryl/α,β-unsaturated/α-hetero) is 2. The van der Waals surface area contributed by atoms with E-state index in [9.17, 15) is 28.8 Å². The molecule has 0 unspecified atom stereocenters. The van der Waals surface area contributed by atoms with E-state index in [1.54, 1.807) is 34.6 Å². The second-order valence-electron chi connectivity index (χ2n) is 9.40. The van der Waals surface area contributed by atoms with Crippen molar-refractivity contribution in [3.63, 3.8) is 0 Å². The van der Waals surface area contributed by atoms with Crippen LogP contribution in [-0.4, -0.2) is 58.3 Å². The number of amides is 3. The number of hydrogen-bond donors (Lipinski definition) is 1. The van der Waals surface area contributed by atoms with Crippen molar-refractivity contribution >= 4 is 35.3 Å². The third-order valence-electron chi connectivity index (χ3n) is 5.02. The highest BCUT2D eigenvalue weighted by molar-refractivity contribution is 6.12. The molecule has 0 spiro atoms. The molecule has 0 radical (unpaired) electrons. The minimum atomic E-state index is -0.713. The lowest BCUT2D eigenvalue weighted by Gasteiger charge is -2.22. The zero-order chi connectivity index (χ0) is 25.2. The summed E-state index contributed by atoms with van der Waals surface area (Å²) in [5.74, 6) is -2.28. The molecular weight excluding hydrogens is 428 g/mol. The van der Waals surface area contributed by atoms with E-state index in [0.717, 1.165) is 4.90 Å². The van der Waals surface area contributed by atoms with Crippen molar-refractivity contribution < 1.29 is 33.5 Å². The maximum Gasteiger partial charge on any atom is 0.309 e. The highest BCUT2D eigenvalue weighted by atomic mass is 16.6. The van der Waals surface area contributed by atoms with Gasteiger partial charge < -0.3 is 10.1 Å². The summed E-state index contributed by atoms with van der Waals surface area (Å²) >= 11 is 0. The molecule has 1 aliphatic rings. The molecule has 0 aliphatic carbocycles. The van der Waals surface area contributed by atoms with Gasteiger partial charge in [0.2, 0.25) is 5.91 Å². The van der Waals surface area contributed by atoms with Gasteiger partial charge in [-0.25, -0.2) is 0 Å². The summed E-state index contributed by atoms with van der Waals surface area (Å²) < 4.78 is 5.26. The summed E-state index contributed by atoms with van der Waals surface area (Å²) in [5.41, 5.74) is -0.626. The number of nitrogens with zero attached hydrogens (tertiary/aromatic N) is 1. The van der Waals surface area contributed by atoms with Gasteiger partial charge in [0, 0.05) is 44.4 Å². The number of unbranched alkanes of at least 4 members (excludes halogenated alkanes) is 1. The van der Waals surface area contributed by atoms with Gasteiger partial charge in [-0.05, 0) is 47.0 Å². The standard InChI is InChI=1S/C24H36N2O7/c1-16(23(32)33-24(3,4)5)15-19(28)17(2)25-20(29)11-7-6-9-18(27)10-8-14-26-21(30)12-13-22(26)31/h12-13,16-17H,6-11,14-15H2,1-5H3,(H,25,29)/t16-,17+/m1/s1. The van der Waals surface area contributed by atoms with E-state index in [2.05, 4.69) is 5.32 Å². The summed E-state index contributed by atoms with van der Waals surface area (Å²) in [7, 11) is 0. The topological polar surface area (TPSA) is 127 Å². The molecular formula is C24H36N2O7. The van der Waals surface area contributed by atoms with Crippen LogP contribution in [0.25, 0.3) is 0 Å². The van der Waals surface area contributed by atoms with Gasteiger partial charge in [-0.2, -0.15) is 0 Å². The first-order chi connectivity index (χ1) is 15.3. The number of esters is 1. The minimum Gasteiger partial charge on any atom is -0.460 e. The Hall–Kier alpha value is -2.84. The van der Waals surface area contributed by atoms with Crippen molar-refractivity contribution in [2.24, 2.45) is 5.92 Å². The number of hydrogen-bond acceptors (Lipinski definition) is 7. The lowest BCUT2D eigenvalue weighted by molar-refractivity contribution is -0.160. The number of imide groups is 1. The highest BCUT2D eigenvalue weighted by Gasteiger charge is 2.26. The quantitative estimate of drug-likeness (QED) is 0.237. The Morgan fingerprint density at radius 3 is 2.06 bits per heavy atom. The first kappa shape index (κ1) is 28.2. The Labute approximate surface area is 195 Å². The molecule has 0 saturated heterocycles. The number of ketones is 2. The molecule has 33 heavy (non-hydrogen) atoms. The minimum absolute atomic E-state index is 0.0159. The molecule has 9 nitrogen and oxygen atoms in total. The molecule has 0 aromatic rings. The van der Waals surface area contributed by atoms with Crippen LogP contribution >= 0.6 is 0 Å². The van der Waals surface area contributed by atoms with Crippen molar-refractivity contribution in [3.8, 4) is 0 Å². The van der Waals surface area contributed by atoms with Gasteiger partial charge in [0.15, 0.2) is 5.78 Å². The molecule has 184 valence electrons. The predicted octanol–water partition coefficient (Wildman–Crippen LogP) is 2.26. The number of ether oxygens (including phenoxy) is 1. The molecule has 0 saturated carbocycles. The van der Waals surface area contributed by atoms with Crippen LogP contribution in [0.2, 0.25) is 0 Å². The Morgan fingerprint density at radius 1 is 0.939 bits per heavy atom.